The van der Waals surface area contributed by atoms with Crippen molar-refractivity contribution in [3.05, 3.63) is 47.4 Å². The molecule has 0 aliphatic carbocycles. The second-order valence-electron chi connectivity index (χ2n) is 4.26. The molecule has 0 amide bonds. The van der Waals surface area contributed by atoms with Crippen LogP contribution in [0.1, 0.15) is 26.3 Å². The first-order chi connectivity index (χ1) is 11.1. The minimum atomic E-state index is -3.68. The monoisotopic (exact) mass is 339 g/mol. The van der Waals surface area contributed by atoms with Crippen LogP contribution in [0.15, 0.2) is 46.8 Å². The summed E-state index contributed by atoms with van der Waals surface area (Å²) in [5, 5.41) is 0. The smallest absolute Gasteiger partial charge is 0.379 e. The lowest BCUT2D eigenvalue weighted by atomic mass is 10.2. The molecule has 0 bridgehead atoms. The van der Waals surface area contributed by atoms with Gasteiger partial charge < -0.3 is 13.8 Å². The highest BCUT2D eigenvalue weighted by Gasteiger charge is 2.30. The van der Waals surface area contributed by atoms with Gasteiger partial charge in [0.2, 0.25) is 0 Å². The van der Waals surface area contributed by atoms with Crippen LogP contribution in [0.3, 0.4) is 0 Å². The van der Waals surface area contributed by atoms with Gasteiger partial charge in [-0.2, -0.15) is 0 Å². The van der Waals surface area contributed by atoms with Crippen molar-refractivity contribution < 1.29 is 23.1 Å². The normalized spacial score (nSPS) is 12.6. The fraction of sp³-hybridized carbons (Fsp3) is 0.375. The van der Waals surface area contributed by atoms with Crippen molar-refractivity contribution in [1.82, 2.24) is 0 Å². The summed E-state index contributed by atoms with van der Waals surface area (Å²) >= 11 is 0. The number of carbonyl (C=O) groups is 1. The number of aliphatic imine (C=N–C) groups is 1. The quantitative estimate of drug-likeness (QED) is 0.296. The van der Waals surface area contributed by atoms with Gasteiger partial charge in [-0.25, -0.2) is 9.79 Å². The molecule has 0 heterocycles. The number of benzene rings is 1. The van der Waals surface area contributed by atoms with Crippen molar-refractivity contribution in [3.8, 4) is 0 Å². The van der Waals surface area contributed by atoms with E-state index in [0.717, 1.165) is 11.6 Å². The second kappa shape index (κ2) is 10.1. The Labute approximate surface area is 136 Å². The molecule has 6 nitrogen and oxygen atoms in total. The van der Waals surface area contributed by atoms with Crippen LogP contribution >= 0.6 is 7.60 Å². The van der Waals surface area contributed by atoms with Crippen LogP contribution in [-0.2, 0) is 23.1 Å². The molecule has 0 atom stereocenters. The third-order valence-corrected chi connectivity index (χ3v) is 4.56. The molecular weight excluding hydrogens is 317 g/mol. The lowest BCUT2D eigenvalue weighted by Crippen LogP contribution is -2.04. The zero-order valence-electron chi connectivity index (χ0n) is 13.6. The Morgan fingerprint density at radius 3 is 2.22 bits per heavy atom. The third-order valence-electron chi connectivity index (χ3n) is 2.56. The Hall–Kier alpha value is -1.75. The van der Waals surface area contributed by atoms with Crippen molar-refractivity contribution in [2.24, 2.45) is 4.99 Å². The standard InChI is InChI=1S/C16H22NO5P/c1-4-20-16(18)12-15(23(19,21-5-2)22-6-3)17-13-14-10-8-7-9-11-14/h7-13H,4-6H2,1-3H3/b15-12+,17-13+. The fourth-order valence-corrected chi connectivity index (χ4v) is 3.15. The molecule has 0 saturated heterocycles. The van der Waals surface area contributed by atoms with Gasteiger partial charge in [-0.15, -0.1) is 0 Å². The first-order valence-corrected chi connectivity index (χ1v) is 8.97. The lowest BCUT2D eigenvalue weighted by Gasteiger charge is -2.17. The van der Waals surface area contributed by atoms with E-state index >= 15 is 0 Å². The predicted molar refractivity (Wildman–Crippen MR) is 89.6 cm³/mol. The van der Waals surface area contributed by atoms with Crippen LogP contribution in [0.4, 0.5) is 0 Å². The summed E-state index contributed by atoms with van der Waals surface area (Å²) in [6.45, 7) is 5.60. The van der Waals surface area contributed by atoms with Gasteiger partial charge in [-0.3, -0.25) is 4.57 Å². The van der Waals surface area contributed by atoms with Gasteiger partial charge in [0.05, 0.1) is 25.9 Å². The molecule has 0 N–H and O–H groups in total. The van der Waals surface area contributed by atoms with Crippen LogP contribution in [0, 0.1) is 0 Å². The van der Waals surface area contributed by atoms with E-state index < -0.39 is 13.6 Å². The maximum Gasteiger partial charge on any atom is 0.379 e. The summed E-state index contributed by atoms with van der Waals surface area (Å²) in [7, 11) is -3.68. The van der Waals surface area contributed by atoms with Crippen LogP contribution in [0.5, 0.6) is 0 Å². The van der Waals surface area contributed by atoms with Crippen molar-refractivity contribution in [2.75, 3.05) is 19.8 Å². The van der Waals surface area contributed by atoms with E-state index in [4.69, 9.17) is 13.8 Å². The summed E-state index contributed by atoms with van der Waals surface area (Å²) in [6.07, 6.45) is 2.55. The highest BCUT2D eigenvalue weighted by atomic mass is 31.2. The SMILES string of the molecule is CCOC(=O)/C=C(\N=C\c1ccccc1)P(=O)(OCC)OCC. The Kier molecular flexibility index (Phi) is 8.48. The summed E-state index contributed by atoms with van der Waals surface area (Å²) in [4.78, 5) is 15.9. The summed E-state index contributed by atoms with van der Waals surface area (Å²) in [5.74, 6) is -0.646. The third kappa shape index (κ3) is 6.48. The molecule has 1 rings (SSSR count). The Morgan fingerprint density at radius 2 is 1.70 bits per heavy atom. The van der Waals surface area contributed by atoms with Crippen LogP contribution in [-0.4, -0.2) is 32.0 Å². The van der Waals surface area contributed by atoms with E-state index in [0.29, 0.717) is 0 Å². The topological polar surface area (TPSA) is 74.2 Å². The first-order valence-electron chi connectivity index (χ1n) is 7.43. The number of esters is 1. The van der Waals surface area contributed by atoms with E-state index in [-0.39, 0.29) is 25.3 Å². The van der Waals surface area contributed by atoms with E-state index in [1.807, 2.05) is 30.3 Å². The molecule has 0 aliphatic rings. The fourth-order valence-electron chi connectivity index (χ4n) is 1.67. The van der Waals surface area contributed by atoms with E-state index in [9.17, 15) is 9.36 Å². The molecule has 0 fully saturated rings. The molecule has 0 radical (unpaired) electrons. The Morgan fingerprint density at radius 1 is 1.09 bits per heavy atom. The number of hydrogen-bond acceptors (Lipinski definition) is 6. The number of nitrogens with zero attached hydrogens (tertiary/aromatic N) is 1. The van der Waals surface area contributed by atoms with Crippen molar-refractivity contribution in [2.45, 2.75) is 20.8 Å². The highest BCUT2D eigenvalue weighted by molar-refractivity contribution is 7.58. The molecule has 126 valence electrons. The molecule has 0 aromatic heterocycles. The molecule has 0 unspecified atom stereocenters. The molecule has 23 heavy (non-hydrogen) atoms. The van der Waals surface area contributed by atoms with Crippen LogP contribution < -0.4 is 0 Å². The average Bonchev–Trinajstić information content (AvgIpc) is 2.53. The van der Waals surface area contributed by atoms with Gasteiger partial charge in [-0.1, -0.05) is 30.3 Å². The number of carbonyl (C=O) groups excluding carboxylic acids is 1. The number of hydrogen-bond donors (Lipinski definition) is 0. The molecule has 0 aliphatic heterocycles. The van der Waals surface area contributed by atoms with Gasteiger partial charge in [0.15, 0.2) is 5.44 Å². The van der Waals surface area contributed by atoms with E-state index in [1.165, 1.54) is 6.21 Å². The first kappa shape index (κ1) is 19.3. The predicted octanol–water partition coefficient (Wildman–Crippen LogP) is 3.78. The van der Waals surface area contributed by atoms with Crippen LogP contribution in [0.2, 0.25) is 0 Å². The summed E-state index contributed by atoms with van der Waals surface area (Å²) in [6, 6.07) is 9.23. The minimum Gasteiger partial charge on any atom is -0.463 e. The lowest BCUT2D eigenvalue weighted by molar-refractivity contribution is -0.137. The number of rotatable bonds is 9. The molecule has 1 aromatic carbocycles. The van der Waals surface area contributed by atoms with Crippen molar-refractivity contribution in [3.63, 3.8) is 0 Å². The van der Waals surface area contributed by atoms with Gasteiger partial charge in [0.1, 0.15) is 0 Å². The van der Waals surface area contributed by atoms with Crippen molar-refractivity contribution >= 4 is 19.8 Å². The molecular formula is C16H22NO5P. The summed E-state index contributed by atoms with van der Waals surface area (Å²) in [5.41, 5.74) is 0.713. The van der Waals surface area contributed by atoms with Gasteiger partial charge in [-0.05, 0) is 26.3 Å². The molecule has 0 saturated carbocycles. The number of ether oxygens (including phenoxy) is 1. The molecule has 1 aromatic rings. The minimum absolute atomic E-state index is 0.0801. The maximum absolute atomic E-state index is 12.8. The average molecular weight is 339 g/mol. The van der Waals surface area contributed by atoms with Crippen molar-refractivity contribution in [1.29, 1.82) is 0 Å². The zero-order valence-corrected chi connectivity index (χ0v) is 14.5. The van der Waals surface area contributed by atoms with Gasteiger partial charge in [0.25, 0.3) is 0 Å². The molecule has 0 spiro atoms. The Balaban J connectivity index is 3.17. The largest absolute Gasteiger partial charge is 0.463 e. The second-order valence-corrected chi connectivity index (χ2v) is 6.23. The Bertz CT molecular complexity index is 588. The van der Waals surface area contributed by atoms with Gasteiger partial charge in [0, 0.05) is 6.21 Å². The zero-order chi connectivity index (χ0) is 17.1. The highest BCUT2D eigenvalue weighted by Crippen LogP contribution is 2.56. The summed E-state index contributed by atoms with van der Waals surface area (Å²) < 4.78 is 28.2. The maximum atomic E-state index is 12.8. The molecule has 7 heteroatoms. The van der Waals surface area contributed by atoms with E-state index in [2.05, 4.69) is 4.99 Å². The van der Waals surface area contributed by atoms with Crippen LogP contribution in [0.25, 0.3) is 0 Å². The van der Waals surface area contributed by atoms with Gasteiger partial charge >= 0.3 is 13.6 Å². The van der Waals surface area contributed by atoms with E-state index in [1.54, 1.807) is 20.8 Å².